The molecule has 1 rings (SSSR count). The van der Waals surface area contributed by atoms with E-state index in [9.17, 15) is 9.59 Å². The molecule has 6 nitrogen and oxygen atoms in total. The number of carboxylic acids is 1. The van der Waals surface area contributed by atoms with E-state index in [0.29, 0.717) is 17.1 Å². The third kappa shape index (κ3) is 4.31. The highest BCUT2D eigenvalue weighted by molar-refractivity contribution is 5.85. The molecule has 20 heavy (non-hydrogen) atoms. The van der Waals surface area contributed by atoms with Gasteiger partial charge in [-0.3, -0.25) is 0 Å². The Hall–Kier alpha value is -2.50. The van der Waals surface area contributed by atoms with Gasteiger partial charge in [0.1, 0.15) is 0 Å². The fourth-order valence-electron chi connectivity index (χ4n) is 1.46. The van der Waals surface area contributed by atoms with Crippen molar-refractivity contribution in [3.63, 3.8) is 0 Å². The molecule has 1 N–H and O–H groups in total. The Labute approximate surface area is 116 Å². The number of ether oxygens (including phenoxy) is 3. The van der Waals surface area contributed by atoms with Gasteiger partial charge in [-0.2, -0.15) is 0 Å². The minimum atomic E-state index is -1.05. The van der Waals surface area contributed by atoms with Crippen LogP contribution in [0, 0.1) is 0 Å². The molecule has 6 heteroatoms. The van der Waals surface area contributed by atoms with Gasteiger partial charge in [-0.25, -0.2) is 9.59 Å². The van der Waals surface area contributed by atoms with Crippen molar-refractivity contribution in [2.75, 3.05) is 14.2 Å². The van der Waals surface area contributed by atoms with E-state index in [1.807, 2.05) is 0 Å². The molecule has 0 spiro atoms. The van der Waals surface area contributed by atoms with E-state index in [0.717, 1.165) is 6.08 Å². The predicted molar refractivity (Wildman–Crippen MR) is 71.8 cm³/mol. The van der Waals surface area contributed by atoms with E-state index in [1.165, 1.54) is 20.3 Å². The number of carbonyl (C=O) groups excluding carboxylic acids is 1. The Balaban J connectivity index is 2.99. The second kappa shape index (κ2) is 7.18. The smallest absolute Gasteiger partial charge is 0.346 e. The zero-order chi connectivity index (χ0) is 15.1. The lowest BCUT2D eigenvalue weighted by Crippen LogP contribution is -2.25. The summed E-state index contributed by atoms with van der Waals surface area (Å²) in [5.74, 6) is -0.795. The van der Waals surface area contributed by atoms with Crippen molar-refractivity contribution in [2.24, 2.45) is 0 Å². The summed E-state index contributed by atoms with van der Waals surface area (Å²) in [7, 11) is 2.74. The fraction of sp³-hybridized carbons (Fsp3) is 0.286. The minimum absolute atomic E-state index is 0.331. The molecular formula is C14H16O6. The lowest BCUT2D eigenvalue weighted by atomic mass is 10.2. The second-order valence-corrected chi connectivity index (χ2v) is 3.87. The monoisotopic (exact) mass is 280 g/mol. The van der Waals surface area contributed by atoms with Gasteiger partial charge in [0.25, 0.3) is 0 Å². The molecule has 1 atom stereocenters. The van der Waals surface area contributed by atoms with Gasteiger partial charge < -0.3 is 19.3 Å². The van der Waals surface area contributed by atoms with Crippen LogP contribution in [0.25, 0.3) is 6.08 Å². The number of rotatable bonds is 6. The molecule has 0 bridgehead atoms. The van der Waals surface area contributed by atoms with Crippen LogP contribution >= 0.6 is 0 Å². The number of hydrogen-bond acceptors (Lipinski definition) is 5. The van der Waals surface area contributed by atoms with Gasteiger partial charge in [-0.05, 0) is 30.7 Å². The summed E-state index contributed by atoms with van der Waals surface area (Å²) >= 11 is 0. The van der Waals surface area contributed by atoms with Crippen molar-refractivity contribution in [1.29, 1.82) is 0 Å². The van der Waals surface area contributed by atoms with Crippen LogP contribution in [0.15, 0.2) is 24.3 Å². The van der Waals surface area contributed by atoms with Crippen LogP contribution in [-0.4, -0.2) is 37.4 Å². The van der Waals surface area contributed by atoms with Crippen LogP contribution in [0.5, 0.6) is 11.5 Å². The maximum Gasteiger partial charge on any atom is 0.346 e. The van der Waals surface area contributed by atoms with Gasteiger partial charge in [0.15, 0.2) is 17.6 Å². The minimum Gasteiger partial charge on any atom is -0.493 e. The molecule has 0 aliphatic carbocycles. The van der Waals surface area contributed by atoms with Gasteiger partial charge in [0.2, 0.25) is 0 Å². The maximum atomic E-state index is 11.3. The topological polar surface area (TPSA) is 82.1 Å². The molecule has 0 saturated heterocycles. The Morgan fingerprint density at radius 3 is 2.50 bits per heavy atom. The van der Waals surface area contributed by atoms with Crippen molar-refractivity contribution in [1.82, 2.24) is 0 Å². The SMILES string of the molecule is COC(=O)C(C)Oc1cc(C=CC(=O)O)ccc1OC. The molecule has 108 valence electrons. The molecule has 0 aliphatic heterocycles. The Morgan fingerprint density at radius 1 is 1.25 bits per heavy atom. The normalized spacial score (nSPS) is 11.9. The van der Waals surface area contributed by atoms with Crippen molar-refractivity contribution in [2.45, 2.75) is 13.0 Å². The number of hydrogen-bond donors (Lipinski definition) is 1. The Morgan fingerprint density at radius 2 is 1.95 bits per heavy atom. The Kier molecular flexibility index (Phi) is 5.58. The molecule has 0 heterocycles. The summed E-state index contributed by atoms with van der Waals surface area (Å²) in [6, 6.07) is 4.88. The molecule has 1 aromatic carbocycles. The number of methoxy groups -OCH3 is 2. The average Bonchev–Trinajstić information content (AvgIpc) is 2.44. The first-order valence-corrected chi connectivity index (χ1v) is 5.81. The van der Waals surface area contributed by atoms with Crippen LogP contribution in [0.2, 0.25) is 0 Å². The van der Waals surface area contributed by atoms with Crippen LogP contribution in [0.4, 0.5) is 0 Å². The van der Waals surface area contributed by atoms with Crippen LogP contribution < -0.4 is 9.47 Å². The summed E-state index contributed by atoms with van der Waals surface area (Å²) < 4.78 is 15.1. The summed E-state index contributed by atoms with van der Waals surface area (Å²) in [5.41, 5.74) is 0.611. The molecule has 0 saturated carbocycles. The largest absolute Gasteiger partial charge is 0.493 e. The highest BCUT2D eigenvalue weighted by Gasteiger charge is 2.17. The fourth-order valence-corrected chi connectivity index (χ4v) is 1.46. The number of benzene rings is 1. The average molecular weight is 280 g/mol. The lowest BCUT2D eigenvalue weighted by molar-refractivity contribution is -0.148. The van der Waals surface area contributed by atoms with Gasteiger partial charge in [0, 0.05) is 6.08 Å². The molecule has 0 amide bonds. The highest BCUT2D eigenvalue weighted by atomic mass is 16.6. The van der Waals surface area contributed by atoms with Gasteiger partial charge in [0.05, 0.1) is 14.2 Å². The van der Waals surface area contributed by atoms with Crippen molar-refractivity contribution < 1.29 is 28.9 Å². The molecule has 1 aromatic rings. The highest BCUT2D eigenvalue weighted by Crippen LogP contribution is 2.29. The van der Waals surface area contributed by atoms with E-state index >= 15 is 0 Å². The first-order chi connectivity index (χ1) is 9.47. The van der Waals surface area contributed by atoms with Crippen molar-refractivity contribution in [3.8, 4) is 11.5 Å². The third-order valence-corrected chi connectivity index (χ3v) is 2.44. The molecular weight excluding hydrogens is 264 g/mol. The lowest BCUT2D eigenvalue weighted by Gasteiger charge is -2.15. The summed E-state index contributed by atoms with van der Waals surface area (Å²) in [4.78, 5) is 21.8. The number of carbonyl (C=O) groups is 2. The zero-order valence-electron chi connectivity index (χ0n) is 11.5. The third-order valence-electron chi connectivity index (χ3n) is 2.44. The Bertz CT molecular complexity index is 520. The summed E-state index contributed by atoms with van der Waals surface area (Å²) in [6.45, 7) is 1.55. The summed E-state index contributed by atoms with van der Waals surface area (Å²) in [5, 5.41) is 8.59. The van der Waals surface area contributed by atoms with Crippen LogP contribution in [-0.2, 0) is 14.3 Å². The number of aliphatic carboxylic acids is 1. The molecule has 0 aliphatic rings. The van der Waals surface area contributed by atoms with Gasteiger partial charge in [-0.15, -0.1) is 0 Å². The molecule has 0 fully saturated rings. The van der Waals surface area contributed by atoms with E-state index in [-0.39, 0.29) is 0 Å². The molecule has 0 radical (unpaired) electrons. The standard InChI is InChI=1S/C14H16O6/c1-9(14(17)19-3)20-12-8-10(5-7-13(15)16)4-6-11(12)18-2/h4-9H,1-3H3,(H,15,16). The van der Waals surface area contributed by atoms with E-state index in [2.05, 4.69) is 4.74 Å². The van der Waals surface area contributed by atoms with E-state index < -0.39 is 18.0 Å². The first kappa shape index (κ1) is 15.6. The summed E-state index contributed by atoms with van der Waals surface area (Å²) in [6.07, 6.45) is 1.62. The number of carboxylic acid groups (broad SMARTS) is 1. The second-order valence-electron chi connectivity index (χ2n) is 3.87. The predicted octanol–water partition coefficient (Wildman–Crippen LogP) is 1.73. The molecule has 1 unspecified atom stereocenters. The van der Waals surface area contributed by atoms with E-state index in [4.69, 9.17) is 14.6 Å². The maximum absolute atomic E-state index is 11.3. The van der Waals surface area contributed by atoms with Crippen molar-refractivity contribution in [3.05, 3.63) is 29.8 Å². The zero-order valence-corrected chi connectivity index (χ0v) is 11.5. The number of esters is 1. The van der Waals surface area contributed by atoms with Crippen LogP contribution in [0.3, 0.4) is 0 Å². The van der Waals surface area contributed by atoms with E-state index in [1.54, 1.807) is 25.1 Å². The van der Waals surface area contributed by atoms with Gasteiger partial charge in [-0.1, -0.05) is 6.07 Å². The first-order valence-electron chi connectivity index (χ1n) is 5.81. The van der Waals surface area contributed by atoms with Crippen LogP contribution in [0.1, 0.15) is 12.5 Å². The van der Waals surface area contributed by atoms with Gasteiger partial charge >= 0.3 is 11.9 Å². The molecule has 0 aromatic heterocycles. The quantitative estimate of drug-likeness (QED) is 0.631. The van der Waals surface area contributed by atoms with Crippen molar-refractivity contribution >= 4 is 18.0 Å².